The van der Waals surface area contributed by atoms with E-state index in [4.69, 9.17) is 0 Å². The first-order valence-corrected chi connectivity index (χ1v) is 9.41. The lowest BCUT2D eigenvalue weighted by atomic mass is 10.1. The lowest BCUT2D eigenvalue weighted by Gasteiger charge is -2.12. The van der Waals surface area contributed by atoms with Crippen LogP contribution in [0.15, 0.2) is 42.5 Å². The summed E-state index contributed by atoms with van der Waals surface area (Å²) in [5.41, 5.74) is 1.34. The number of aryl methyl sites for hydroxylation is 1. The number of nitrogens with one attached hydrogen (secondary N) is 3. The van der Waals surface area contributed by atoms with Crippen LogP contribution in [0, 0.1) is 12.7 Å². The lowest BCUT2D eigenvalue weighted by Crippen LogP contribution is -2.21. The standard InChI is InChI=1S/C21H25FN6O/c1-14-11-19(23-9-4-10-28(2)3)26-20(24-14)27-21(29)25-18-8-6-15-12-17(22)7-5-16(15)13-18/h5-8,11-13H,4,9-10H2,1-3H3,(H3,23,24,25,26,27,29). The van der Waals surface area contributed by atoms with Crippen molar-refractivity contribution in [2.24, 2.45) is 0 Å². The van der Waals surface area contributed by atoms with Crippen molar-refractivity contribution in [3.63, 3.8) is 0 Å². The predicted octanol–water partition coefficient (Wildman–Crippen LogP) is 4.08. The summed E-state index contributed by atoms with van der Waals surface area (Å²) in [4.78, 5) is 23.1. The number of carbonyl (C=O) groups excluding carboxylic acids is 1. The number of halogens is 1. The number of benzene rings is 2. The Morgan fingerprint density at radius 2 is 1.79 bits per heavy atom. The predicted molar refractivity (Wildman–Crippen MR) is 115 cm³/mol. The molecule has 3 rings (SSSR count). The molecule has 29 heavy (non-hydrogen) atoms. The number of hydrogen-bond donors (Lipinski definition) is 3. The molecule has 3 N–H and O–H groups in total. The van der Waals surface area contributed by atoms with Crippen molar-refractivity contribution in [1.29, 1.82) is 0 Å². The molecule has 7 nitrogen and oxygen atoms in total. The fourth-order valence-electron chi connectivity index (χ4n) is 2.88. The summed E-state index contributed by atoms with van der Waals surface area (Å²) in [5.74, 6) is 0.596. The highest BCUT2D eigenvalue weighted by Gasteiger charge is 2.08. The van der Waals surface area contributed by atoms with Gasteiger partial charge in [0.05, 0.1) is 0 Å². The molecule has 0 aliphatic carbocycles. The Morgan fingerprint density at radius 3 is 2.59 bits per heavy atom. The maximum absolute atomic E-state index is 13.3. The molecule has 2 amide bonds. The van der Waals surface area contributed by atoms with Gasteiger partial charge in [0, 0.05) is 24.0 Å². The molecule has 2 aromatic carbocycles. The Labute approximate surface area is 169 Å². The highest BCUT2D eigenvalue weighted by Crippen LogP contribution is 2.20. The van der Waals surface area contributed by atoms with Gasteiger partial charge >= 0.3 is 6.03 Å². The maximum Gasteiger partial charge on any atom is 0.326 e. The molecule has 0 radical (unpaired) electrons. The lowest BCUT2D eigenvalue weighted by molar-refractivity contribution is 0.262. The second-order valence-corrected chi connectivity index (χ2v) is 7.09. The smallest absolute Gasteiger partial charge is 0.326 e. The summed E-state index contributed by atoms with van der Waals surface area (Å²) >= 11 is 0. The molecule has 0 saturated carbocycles. The zero-order valence-electron chi connectivity index (χ0n) is 16.8. The number of aromatic nitrogens is 2. The largest absolute Gasteiger partial charge is 0.370 e. The minimum absolute atomic E-state index is 0.223. The van der Waals surface area contributed by atoms with Crippen LogP contribution in [0.4, 0.5) is 26.6 Å². The van der Waals surface area contributed by atoms with E-state index in [2.05, 4.69) is 30.8 Å². The van der Waals surface area contributed by atoms with Gasteiger partial charge in [-0.1, -0.05) is 12.1 Å². The first-order chi connectivity index (χ1) is 13.9. The van der Waals surface area contributed by atoms with Gasteiger partial charge in [-0.15, -0.1) is 0 Å². The molecule has 0 aliphatic rings. The molecule has 0 atom stereocenters. The average Bonchev–Trinajstić information content (AvgIpc) is 2.64. The summed E-state index contributed by atoms with van der Waals surface area (Å²) in [7, 11) is 4.06. The van der Waals surface area contributed by atoms with Gasteiger partial charge in [0.25, 0.3) is 0 Å². The molecule has 0 bridgehead atoms. The zero-order valence-corrected chi connectivity index (χ0v) is 16.8. The fourth-order valence-corrected chi connectivity index (χ4v) is 2.88. The topological polar surface area (TPSA) is 82.2 Å². The maximum atomic E-state index is 13.3. The highest BCUT2D eigenvalue weighted by molar-refractivity contribution is 6.00. The van der Waals surface area contributed by atoms with E-state index in [1.165, 1.54) is 12.1 Å². The molecular weight excluding hydrogens is 371 g/mol. The van der Waals surface area contributed by atoms with Crippen molar-refractivity contribution in [1.82, 2.24) is 14.9 Å². The molecule has 152 valence electrons. The third-order valence-electron chi connectivity index (χ3n) is 4.23. The Morgan fingerprint density at radius 1 is 1.03 bits per heavy atom. The van der Waals surface area contributed by atoms with E-state index in [0.717, 1.165) is 36.0 Å². The monoisotopic (exact) mass is 396 g/mol. The molecule has 0 aliphatic heterocycles. The van der Waals surface area contributed by atoms with E-state index in [1.54, 1.807) is 24.3 Å². The van der Waals surface area contributed by atoms with Crippen LogP contribution < -0.4 is 16.0 Å². The number of amides is 2. The second-order valence-electron chi connectivity index (χ2n) is 7.09. The fraction of sp³-hybridized carbons (Fsp3) is 0.286. The summed E-state index contributed by atoms with van der Waals surface area (Å²) in [6.07, 6.45) is 0.977. The zero-order chi connectivity index (χ0) is 20.8. The molecule has 1 heterocycles. The van der Waals surface area contributed by atoms with E-state index in [0.29, 0.717) is 11.5 Å². The van der Waals surface area contributed by atoms with Gasteiger partial charge < -0.3 is 15.5 Å². The van der Waals surface area contributed by atoms with Crippen LogP contribution in [0.5, 0.6) is 0 Å². The van der Waals surface area contributed by atoms with E-state index in [9.17, 15) is 9.18 Å². The Kier molecular flexibility index (Phi) is 6.56. The van der Waals surface area contributed by atoms with Crippen LogP contribution >= 0.6 is 0 Å². The van der Waals surface area contributed by atoms with Crippen molar-refractivity contribution in [2.75, 3.05) is 43.1 Å². The van der Waals surface area contributed by atoms with Gasteiger partial charge in [0.1, 0.15) is 11.6 Å². The van der Waals surface area contributed by atoms with Gasteiger partial charge in [-0.3, -0.25) is 5.32 Å². The summed E-state index contributed by atoms with van der Waals surface area (Å²) in [6.45, 7) is 3.60. The average molecular weight is 396 g/mol. The van der Waals surface area contributed by atoms with Crippen LogP contribution in [0.2, 0.25) is 0 Å². The molecule has 3 aromatic rings. The summed E-state index contributed by atoms with van der Waals surface area (Å²) in [5, 5.41) is 10.3. The van der Waals surface area contributed by atoms with Gasteiger partial charge in [-0.25, -0.2) is 14.2 Å². The van der Waals surface area contributed by atoms with Crippen LogP contribution in [0.3, 0.4) is 0 Å². The van der Waals surface area contributed by atoms with Crippen LogP contribution in [-0.2, 0) is 0 Å². The Bertz CT molecular complexity index is 1010. The third kappa shape index (κ3) is 6.11. The number of urea groups is 1. The van der Waals surface area contributed by atoms with Gasteiger partial charge in [0.15, 0.2) is 0 Å². The third-order valence-corrected chi connectivity index (χ3v) is 4.23. The van der Waals surface area contributed by atoms with Crippen LogP contribution in [-0.4, -0.2) is 48.1 Å². The minimum Gasteiger partial charge on any atom is -0.370 e. The van der Waals surface area contributed by atoms with Crippen LogP contribution in [0.25, 0.3) is 10.8 Å². The van der Waals surface area contributed by atoms with Gasteiger partial charge in [-0.05, 0) is 69.0 Å². The first kappa shape index (κ1) is 20.5. The number of fused-ring (bicyclic) bond motifs is 1. The van der Waals surface area contributed by atoms with Crippen molar-refractivity contribution in [3.8, 4) is 0 Å². The first-order valence-electron chi connectivity index (χ1n) is 9.41. The quantitative estimate of drug-likeness (QED) is 0.524. The number of anilines is 3. The molecule has 0 spiro atoms. The molecule has 8 heteroatoms. The molecule has 1 aromatic heterocycles. The number of hydrogen-bond acceptors (Lipinski definition) is 5. The normalized spacial score (nSPS) is 10.9. The van der Waals surface area contributed by atoms with E-state index in [-0.39, 0.29) is 11.8 Å². The minimum atomic E-state index is -0.449. The van der Waals surface area contributed by atoms with Gasteiger partial charge in [0.2, 0.25) is 5.95 Å². The van der Waals surface area contributed by atoms with E-state index >= 15 is 0 Å². The Hall–Kier alpha value is -3.26. The number of carbonyl (C=O) groups is 1. The number of rotatable bonds is 7. The molecule has 0 saturated heterocycles. The van der Waals surface area contributed by atoms with Crippen LogP contribution in [0.1, 0.15) is 12.1 Å². The highest BCUT2D eigenvalue weighted by atomic mass is 19.1. The second kappa shape index (κ2) is 9.29. The summed E-state index contributed by atoms with van der Waals surface area (Å²) in [6, 6.07) is 11.2. The molecule has 0 unspecified atom stereocenters. The van der Waals surface area contributed by atoms with E-state index < -0.39 is 6.03 Å². The SMILES string of the molecule is Cc1cc(NCCCN(C)C)nc(NC(=O)Nc2ccc3cc(F)ccc3c2)n1. The van der Waals surface area contributed by atoms with Gasteiger partial charge in [-0.2, -0.15) is 4.98 Å². The van der Waals surface area contributed by atoms with Crippen molar-refractivity contribution >= 4 is 34.3 Å². The van der Waals surface area contributed by atoms with Crippen molar-refractivity contribution in [2.45, 2.75) is 13.3 Å². The van der Waals surface area contributed by atoms with Crippen molar-refractivity contribution < 1.29 is 9.18 Å². The molecule has 0 fully saturated rings. The van der Waals surface area contributed by atoms with E-state index in [1.807, 2.05) is 27.1 Å². The molecular formula is C21H25FN6O. The van der Waals surface area contributed by atoms with Crippen molar-refractivity contribution in [3.05, 3.63) is 54.0 Å². The summed E-state index contributed by atoms with van der Waals surface area (Å²) < 4.78 is 13.3. The number of nitrogens with zero attached hydrogens (tertiary/aromatic N) is 3. The Balaban J connectivity index is 1.62.